The van der Waals surface area contributed by atoms with E-state index in [0.717, 1.165) is 30.7 Å². The van der Waals surface area contributed by atoms with Gasteiger partial charge in [-0.25, -0.2) is 0 Å². The molecule has 0 amide bonds. The number of alkyl halides is 1. The van der Waals surface area contributed by atoms with E-state index in [1.54, 1.807) is 0 Å². The lowest BCUT2D eigenvalue weighted by Crippen LogP contribution is -2.33. The van der Waals surface area contributed by atoms with Crippen LogP contribution < -0.4 is 0 Å². The Morgan fingerprint density at radius 2 is 1.85 bits per heavy atom. The van der Waals surface area contributed by atoms with Gasteiger partial charge in [-0.15, -0.1) is 11.6 Å². The molecular formula is C11H21ClO. The van der Waals surface area contributed by atoms with Gasteiger partial charge in [0.1, 0.15) is 0 Å². The molecule has 1 nitrogen and oxygen atoms in total. The predicted octanol–water partition coefficient (Wildman–Crippen LogP) is 3.46. The van der Waals surface area contributed by atoms with Crippen LogP contribution in [0, 0.1) is 11.8 Å². The Labute approximate surface area is 86.8 Å². The van der Waals surface area contributed by atoms with Crippen molar-refractivity contribution in [2.24, 2.45) is 11.8 Å². The van der Waals surface area contributed by atoms with Gasteiger partial charge in [-0.2, -0.15) is 0 Å². The van der Waals surface area contributed by atoms with Gasteiger partial charge in [-0.1, -0.05) is 20.3 Å². The van der Waals surface area contributed by atoms with Crippen LogP contribution in [0.2, 0.25) is 0 Å². The number of ether oxygens (including phenoxy) is 1. The summed E-state index contributed by atoms with van der Waals surface area (Å²) in [6.07, 6.45) is 5.50. The van der Waals surface area contributed by atoms with Crippen molar-refractivity contribution in [3.05, 3.63) is 0 Å². The van der Waals surface area contributed by atoms with E-state index in [0.29, 0.717) is 6.10 Å². The zero-order valence-electron chi connectivity index (χ0n) is 8.76. The predicted molar refractivity (Wildman–Crippen MR) is 57.3 cm³/mol. The van der Waals surface area contributed by atoms with Crippen LogP contribution in [0.1, 0.15) is 39.5 Å². The fourth-order valence-corrected chi connectivity index (χ4v) is 2.36. The SMILES string of the molecule is CC1CCCC(C)C1OCCCCl. The van der Waals surface area contributed by atoms with Crippen LogP contribution in [-0.4, -0.2) is 18.6 Å². The minimum atomic E-state index is 0.483. The third-order valence-corrected chi connectivity index (χ3v) is 3.30. The highest BCUT2D eigenvalue weighted by Crippen LogP contribution is 2.31. The number of halogens is 1. The second kappa shape index (κ2) is 5.87. The largest absolute Gasteiger partial charge is 0.378 e. The van der Waals surface area contributed by atoms with E-state index in [1.807, 2.05) is 0 Å². The zero-order valence-corrected chi connectivity index (χ0v) is 9.52. The molecule has 0 aromatic heterocycles. The molecule has 1 saturated carbocycles. The Hall–Kier alpha value is 0.250. The molecule has 0 aromatic carbocycles. The Morgan fingerprint density at radius 3 is 2.38 bits per heavy atom. The summed E-state index contributed by atoms with van der Waals surface area (Å²) in [5, 5.41) is 0. The van der Waals surface area contributed by atoms with Gasteiger partial charge in [0, 0.05) is 12.5 Å². The molecular weight excluding hydrogens is 184 g/mol. The van der Waals surface area contributed by atoms with E-state index in [9.17, 15) is 0 Å². The van der Waals surface area contributed by atoms with E-state index < -0.39 is 0 Å². The maximum absolute atomic E-state index is 5.86. The van der Waals surface area contributed by atoms with Crippen molar-refractivity contribution in [1.82, 2.24) is 0 Å². The Kier molecular flexibility index (Phi) is 5.12. The maximum Gasteiger partial charge on any atom is 0.0626 e. The molecule has 2 atom stereocenters. The minimum absolute atomic E-state index is 0.483. The first-order valence-electron chi connectivity index (χ1n) is 5.43. The van der Waals surface area contributed by atoms with Crippen molar-refractivity contribution < 1.29 is 4.74 Å². The molecule has 1 aliphatic rings. The Morgan fingerprint density at radius 1 is 1.23 bits per heavy atom. The molecule has 2 unspecified atom stereocenters. The van der Waals surface area contributed by atoms with Crippen LogP contribution in [0.3, 0.4) is 0 Å². The summed E-state index contributed by atoms with van der Waals surface area (Å²) in [4.78, 5) is 0. The lowest BCUT2D eigenvalue weighted by Gasteiger charge is -2.34. The van der Waals surface area contributed by atoms with Gasteiger partial charge in [-0.05, 0) is 31.1 Å². The van der Waals surface area contributed by atoms with Crippen LogP contribution >= 0.6 is 11.6 Å². The standard InChI is InChI=1S/C11H21ClO/c1-9-5-3-6-10(2)11(9)13-8-4-7-12/h9-11H,3-8H2,1-2H3. The van der Waals surface area contributed by atoms with Crippen LogP contribution in [0.15, 0.2) is 0 Å². The summed E-state index contributed by atoms with van der Waals surface area (Å²) in [7, 11) is 0. The molecule has 0 aromatic rings. The summed E-state index contributed by atoms with van der Waals surface area (Å²) < 4.78 is 5.86. The molecule has 1 fully saturated rings. The minimum Gasteiger partial charge on any atom is -0.378 e. The highest BCUT2D eigenvalue weighted by Gasteiger charge is 2.27. The molecule has 2 heteroatoms. The number of hydrogen-bond donors (Lipinski definition) is 0. The second-order valence-corrected chi connectivity index (χ2v) is 4.64. The quantitative estimate of drug-likeness (QED) is 0.504. The van der Waals surface area contributed by atoms with Gasteiger partial charge < -0.3 is 4.74 Å². The second-order valence-electron chi connectivity index (χ2n) is 4.26. The summed E-state index contributed by atoms with van der Waals surface area (Å²) in [6, 6.07) is 0. The normalized spacial score (nSPS) is 34.8. The molecule has 13 heavy (non-hydrogen) atoms. The summed E-state index contributed by atoms with van der Waals surface area (Å²) in [5.41, 5.74) is 0. The molecule has 1 rings (SSSR count). The van der Waals surface area contributed by atoms with Gasteiger partial charge in [0.2, 0.25) is 0 Å². The van der Waals surface area contributed by atoms with Crippen LogP contribution in [0.4, 0.5) is 0 Å². The van der Waals surface area contributed by atoms with E-state index in [1.165, 1.54) is 19.3 Å². The molecule has 0 bridgehead atoms. The topological polar surface area (TPSA) is 9.23 Å². The molecule has 0 spiro atoms. The molecule has 78 valence electrons. The van der Waals surface area contributed by atoms with Crippen molar-refractivity contribution >= 4 is 11.6 Å². The third-order valence-electron chi connectivity index (χ3n) is 3.03. The van der Waals surface area contributed by atoms with E-state index in [2.05, 4.69) is 13.8 Å². The molecule has 0 heterocycles. The summed E-state index contributed by atoms with van der Waals surface area (Å²) in [5.74, 6) is 2.19. The third kappa shape index (κ3) is 3.47. The van der Waals surface area contributed by atoms with Crippen LogP contribution in [-0.2, 0) is 4.74 Å². The maximum atomic E-state index is 5.86. The van der Waals surface area contributed by atoms with Gasteiger partial charge >= 0.3 is 0 Å². The first-order valence-corrected chi connectivity index (χ1v) is 5.96. The molecule has 1 aliphatic carbocycles. The van der Waals surface area contributed by atoms with Crippen molar-refractivity contribution in [3.8, 4) is 0 Å². The van der Waals surface area contributed by atoms with E-state index in [-0.39, 0.29) is 0 Å². The van der Waals surface area contributed by atoms with Crippen molar-refractivity contribution in [2.45, 2.75) is 45.6 Å². The van der Waals surface area contributed by atoms with Crippen LogP contribution in [0.5, 0.6) is 0 Å². The number of hydrogen-bond acceptors (Lipinski definition) is 1. The molecule has 0 N–H and O–H groups in total. The summed E-state index contributed by atoms with van der Waals surface area (Å²) >= 11 is 5.61. The Balaban J connectivity index is 2.26. The zero-order chi connectivity index (χ0) is 9.68. The first kappa shape index (κ1) is 11.3. The van der Waals surface area contributed by atoms with Crippen LogP contribution in [0.25, 0.3) is 0 Å². The number of rotatable bonds is 4. The lowest BCUT2D eigenvalue weighted by molar-refractivity contribution is -0.0370. The summed E-state index contributed by atoms with van der Waals surface area (Å²) in [6.45, 7) is 5.45. The average molecular weight is 205 g/mol. The van der Waals surface area contributed by atoms with Gasteiger partial charge in [0.05, 0.1) is 6.10 Å². The highest BCUT2D eigenvalue weighted by atomic mass is 35.5. The average Bonchev–Trinajstić information content (AvgIpc) is 2.10. The molecule has 0 radical (unpaired) electrons. The molecule has 0 aliphatic heterocycles. The van der Waals surface area contributed by atoms with E-state index >= 15 is 0 Å². The van der Waals surface area contributed by atoms with Crippen molar-refractivity contribution in [3.63, 3.8) is 0 Å². The Bertz CT molecular complexity index is 128. The van der Waals surface area contributed by atoms with Crippen molar-refractivity contribution in [1.29, 1.82) is 0 Å². The molecule has 0 saturated heterocycles. The highest BCUT2D eigenvalue weighted by molar-refractivity contribution is 6.17. The first-order chi connectivity index (χ1) is 6.25. The van der Waals surface area contributed by atoms with Gasteiger partial charge in [-0.3, -0.25) is 0 Å². The smallest absolute Gasteiger partial charge is 0.0626 e. The van der Waals surface area contributed by atoms with Crippen molar-refractivity contribution in [2.75, 3.05) is 12.5 Å². The lowest BCUT2D eigenvalue weighted by atomic mass is 9.80. The fourth-order valence-electron chi connectivity index (χ4n) is 2.25. The fraction of sp³-hybridized carbons (Fsp3) is 1.00. The van der Waals surface area contributed by atoms with Gasteiger partial charge in [0.15, 0.2) is 0 Å². The van der Waals surface area contributed by atoms with Gasteiger partial charge in [0.25, 0.3) is 0 Å². The monoisotopic (exact) mass is 204 g/mol. The van der Waals surface area contributed by atoms with E-state index in [4.69, 9.17) is 16.3 Å².